The van der Waals surface area contributed by atoms with Crippen molar-refractivity contribution in [2.75, 3.05) is 5.32 Å². The number of ether oxygens (including phenoxy) is 1. The second-order valence-corrected chi connectivity index (χ2v) is 7.43. The van der Waals surface area contributed by atoms with Gasteiger partial charge in [0, 0.05) is 16.0 Å². The van der Waals surface area contributed by atoms with E-state index in [0.29, 0.717) is 5.13 Å². The second kappa shape index (κ2) is 5.70. The zero-order valence-electron chi connectivity index (χ0n) is 13.5. The second-order valence-electron chi connectivity index (χ2n) is 6.34. The van der Waals surface area contributed by atoms with E-state index in [4.69, 9.17) is 4.74 Å². The van der Waals surface area contributed by atoms with Crippen LogP contribution < -0.4 is 10.1 Å². The summed E-state index contributed by atoms with van der Waals surface area (Å²) in [6, 6.07) is 15.4. The molecule has 3 aromatic rings. The Hall–Kier alpha value is -2.66. The molecule has 1 aromatic heterocycles. The predicted molar refractivity (Wildman–Crippen MR) is 97.6 cm³/mol. The molecule has 25 heavy (non-hydrogen) atoms. The number of fused-ring (bicyclic) bond motifs is 3. The van der Waals surface area contributed by atoms with Gasteiger partial charge in [-0.1, -0.05) is 36.4 Å². The van der Waals surface area contributed by atoms with Crippen LogP contribution in [0.15, 0.2) is 48.5 Å². The highest BCUT2D eigenvalue weighted by Gasteiger charge is 2.33. The van der Waals surface area contributed by atoms with E-state index in [-0.39, 0.29) is 11.8 Å². The number of nitrogens with zero attached hydrogens (tertiary/aromatic N) is 1. The molecule has 0 fully saturated rings. The van der Waals surface area contributed by atoms with Crippen LogP contribution in [0, 0.1) is 0 Å². The van der Waals surface area contributed by atoms with Crippen LogP contribution in [0.3, 0.4) is 0 Å². The maximum Gasteiger partial charge on any atom is 0.238 e. The van der Waals surface area contributed by atoms with E-state index in [2.05, 4.69) is 10.3 Å². The Bertz CT molecular complexity index is 912. The molecule has 0 spiro atoms. The molecule has 0 atom stereocenters. The average Bonchev–Trinajstić information content (AvgIpc) is 3.21. The van der Waals surface area contributed by atoms with Crippen molar-refractivity contribution in [2.45, 2.75) is 25.2 Å². The molecular formula is C20H16N2O2S. The number of rotatable bonds is 2. The zero-order valence-corrected chi connectivity index (χ0v) is 14.3. The van der Waals surface area contributed by atoms with Gasteiger partial charge in [-0.25, -0.2) is 4.98 Å². The quantitative estimate of drug-likeness (QED) is 0.741. The first-order valence-corrected chi connectivity index (χ1v) is 9.26. The van der Waals surface area contributed by atoms with E-state index in [1.54, 1.807) is 11.3 Å². The van der Waals surface area contributed by atoms with E-state index < -0.39 is 0 Å². The molecule has 0 unspecified atom stereocenters. The Kier molecular flexibility index (Phi) is 3.35. The molecule has 4 nitrogen and oxygen atoms in total. The van der Waals surface area contributed by atoms with E-state index in [1.165, 1.54) is 11.3 Å². The molecule has 1 aliphatic heterocycles. The van der Waals surface area contributed by atoms with Gasteiger partial charge in [0.05, 0.1) is 11.6 Å². The number of aryl methyl sites for hydroxylation is 2. The van der Waals surface area contributed by atoms with Gasteiger partial charge in [0.2, 0.25) is 5.91 Å². The molecule has 0 radical (unpaired) electrons. The van der Waals surface area contributed by atoms with Crippen molar-refractivity contribution in [3.8, 4) is 11.5 Å². The highest BCUT2D eigenvalue weighted by Crippen LogP contribution is 2.44. The fourth-order valence-electron chi connectivity index (χ4n) is 3.61. The number of amides is 1. The molecule has 0 saturated carbocycles. The summed E-state index contributed by atoms with van der Waals surface area (Å²) in [5, 5.41) is 3.74. The molecule has 2 aromatic carbocycles. The molecule has 1 amide bonds. The minimum atomic E-state index is -0.389. The summed E-state index contributed by atoms with van der Waals surface area (Å²) in [7, 11) is 0. The fraction of sp³-hybridized carbons (Fsp3) is 0.200. The zero-order chi connectivity index (χ0) is 16.8. The van der Waals surface area contributed by atoms with E-state index in [0.717, 1.165) is 41.2 Å². The lowest BCUT2D eigenvalue weighted by molar-refractivity contribution is -0.116. The maximum atomic E-state index is 13.1. The summed E-state index contributed by atoms with van der Waals surface area (Å²) < 4.78 is 5.96. The SMILES string of the molecule is O=C(Nc1nc2c(s1)CCC2)C1c2ccccc2Oc2ccccc21. The minimum Gasteiger partial charge on any atom is -0.457 e. The van der Waals surface area contributed by atoms with E-state index in [1.807, 2.05) is 48.5 Å². The molecule has 5 heteroatoms. The van der Waals surface area contributed by atoms with Gasteiger partial charge in [0.15, 0.2) is 5.13 Å². The number of nitrogens with one attached hydrogen (secondary N) is 1. The number of carbonyl (C=O) groups is 1. The lowest BCUT2D eigenvalue weighted by Crippen LogP contribution is -2.25. The number of carbonyl (C=O) groups excluding carboxylic acids is 1. The first-order valence-electron chi connectivity index (χ1n) is 8.45. The Balaban J connectivity index is 1.52. The van der Waals surface area contributed by atoms with Crippen molar-refractivity contribution in [3.63, 3.8) is 0 Å². The highest BCUT2D eigenvalue weighted by atomic mass is 32.1. The summed E-state index contributed by atoms with van der Waals surface area (Å²) in [6.07, 6.45) is 3.26. The summed E-state index contributed by atoms with van der Waals surface area (Å²) >= 11 is 1.60. The van der Waals surface area contributed by atoms with Crippen molar-refractivity contribution in [1.29, 1.82) is 0 Å². The third kappa shape index (κ3) is 2.43. The van der Waals surface area contributed by atoms with Gasteiger partial charge in [-0.05, 0) is 31.4 Å². The Labute approximate surface area is 149 Å². The maximum absolute atomic E-state index is 13.1. The van der Waals surface area contributed by atoms with Crippen LogP contribution in [0.25, 0.3) is 0 Å². The van der Waals surface area contributed by atoms with Crippen LogP contribution in [-0.4, -0.2) is 10.9 Å². The van der Waals surface area contributed by atoms with Crippen LogP contribution in [0.2, 0.25) is 0 Å². The molecule has 2 aliphatic rings. The lowest BCUT2D eigenvalue weighted by Gasteiger charge is -2.27. The van der Waals surface area contributed by atoms with Crippen molar-refractivity contribution >= 4 is 22.4 Å². The molecule has 1 N–H and O–H groups in total. The smallest absolute Gasteiger partial charge is 0.238 e. The standard InChI is InChI=1S/C20H16N2O2S/c23-19(22-20-21-14-8-5-11-17(14)25-20)18-12-6-1-3-9-15(12)24-16-10-4-2-7-13(16)18/h1-4,6-7,9-10,18H,5,8,11H2,(H,21,22,23). The predicted octanol–water partition coefficient (Wildman–Crippen LogP) is 4.51. The van der Waals surface area contributed by atoms with Crippen LogP contribution >= 0.6 is 11.3 Å². The van der Waals surface area contributed by atoms with Gasteiger partial charge >= 0.3 is 0 Å². The number of anilines is 1. The van der Waals surface area contributed by atoms with Crippen molar-refractivity contribution in [1.82, 2.24) is 4.98 Å². The molecule has 124 valence electrons. The van der Waals surface area contributed by atoms with Crippen LogP contribution in [0.1, 0.15) is 34.0 Å². The summed E-state index contributed by atoms with van der Waals surface area (Å²) in [5.74, 6) is 1.03. The number of hydrogen-bond donors (Lipinski definition) is 1. The minimum absolute atomic E-state index is 0.0596. The molecule has 1 aliphatic carbocycles. The first kappa shape index (κ1) is 14.7. The van der Waals surface area contributed by atoms with Gasteiger partial charge in [-0.2, -0.15) is 0 Å². The highest BCUT2D eigenvalue weighted by molar-refractivity contribution is 7.15. The van der Waals surface area contributed by atoms with E-state index >= 15 is 0 Å². The van der Waals surface area contributed by atoms with Gasteiger partial charge in [0.25, 0.3) is 0 Å². The Morgan fingerprint density at radius 2 is 1.72 bits per heavy atom. The summed E-state index contributed by atoms with van der Waals surface area (Å²) in [5.41, 5.74) is 2.93. The van der Waals surface area contributed by atoms with Gasteiger partial charge < -0.3 is 10.1 Å². The van der Waals surface area contributed by atoms with Crippen molar-refractivity contribution in [2.24, 2.45) is 0 Å². The van der Waals surface area contributed by atoms with Crippen LogP contribution in [0.5, 0.6) is 11.5 Å². The summed E-state index contributed by atoms with van der Waals surface area (Å²) in [6.45, 7) is 0. The van der Waals surface area contributed by atoms with Crippen molar-refractivity contribution < 1.29 is 9.53 Å². The Morgan fingerprint density at radius 3 is 2.40 bits per heavy atom. The molecule has 5 rings (SSSR count). The summed E-state index contributed by atoms with van der Waals surface area (Å²) in [4.78, 5) is 19.0. The lowest BCUT2D eigenvalue weighted by atomic mass is 9.87. The average molecular weight is 348 g/mol. The molecule has 0 saturated heterocycles. The fourth-order valence-corrected chi connectivity index (χ4v) is 4.67. The number of para-hydroxylation sites is 2. The topological polar surface area (TPSA) is 51.2 Å². The third-order valence-corrected chi connectivity index (χ3v) is 5.84. The normalized spacial score (nSPS) is 15.0. The van der Waals surface area contributed by atoms with Gasteiger partial charge in [0.1, 0.15) is 11.5 Å². The van der Waals surface area contributed by atoms with Gasteiger partial charge in [-0.15, -0.1) is 11.3 Å². The largest absolute Gasteiger partial charge is 0.457 e. The molecule has 0 bridgehead atoms. The number of hydrogen-bond acceptors (Lipinski definition) is 4. The molecule has 2 heterocycles. The number of thiazole rings is 1. The molecular weight excluding hydrogens is 332 g/mol. The Morgan fingerprint density at radius 1 is 1.04 bits per heavy atom. The first-order chi connectivity index (χ1) is 12.3. The van der Waals surface area contributed by atoms with Crippen LogP contribution in [0.4, 0.5) is 5.13 Å². The van der Waals surface area contributed by atoms with Gasteiger partial charge in [-0.3, -0.25) is 4.79 Å². The van der Waals surface area contributed by atoms with E-state index in [9.17, 15) is 4.79 Å². The monoisotopic (exact) mass is 348 g/mol. The van der Waals surface area contributed by atoms with Crippen LogP contribution in [-0.2, 0) is 17.6 Å². The van der Waals surface area contributed by atoms with Crippen molar-refractivity contribution in [3.05, 3.63) is 70.2 Å². The number of benzene rings is 2. The third-order valence-electron chi connectivity index (χ3n) is 4.77. The number of aromatic nitrogens is 1.